The summed E-state index contributed by atoms with van der Waals surface area (Å²) in [6.07, 6.45) is -3.04. The molecule has 7 heteroatoms. The number of hydrogen-bond donors (Lipinski definition) is 0. The molecule has 0 saturated carbocycles. The second kappa shape index (κ2) is 6.23. The smallest absolute Gasteiger partial charge is 0.417 e. The predicted molar refractivity (Wildman–Crippen MR) is 89.1 cm³/mol. The van der Waals surface area contributed by atoms with Crippen LogP contribution < -0.4 is 4.74 Å². The highest BCUT2D eigenvalue weighted by Crippen LogP contribution is 2.42. The van der Waals surface area contributed by atoms with Crippen LogP contribution in [-0.2, 0) is 17.5 Å². The molecule has 0 aliphatic carbocycles. The van der Waals surface area contributed by atoms with Crippen molar-refractivity contribution in [2.75, 3.05) is 13.7 Å². The van der Waals surface area contributed by atoms with Crippen molar-refractivity contribution in [3.8, 4) is 5.75 Å². The Hall–Kier alpha value is -2.70. The van der Waals surface area contributed by atoms with E-state index < -0.39 is 18.3 Å². The monoisotopic (exact) mass is 363 g/mol. The molecule has 0 spiro atoms. The largest absolute Gasteiger partial charge is 0.497 e. The van der Waals surface area contributed by atoms with Crippen LogP contribution in [0.4, 0.5) is 13.2 Å². The molecule has 26 heavy (non-hydrogen) atoms. The summed E-state index contributed by atoms with van der Waals surface area (Å²) in [5.74, 6) is 1.35. The lowest BCUT2D eigenvalue weighted by molar-refractivity contribution is -0.137. The summed E-state index contributed by atoms with van der Waals surface area (Å²) in [6, 6.07) is 9.74. The van der Waals surface area contributed by atoms with Crippen molar-refractivity contribution in [1.29, 1.82) is 0 Å². The summed E-state index contributed by atoms with van der Waals surface area (Å²) < 4.78 is 57.2. The number of pyridine rings is 1. The van der Waals surface area contributed by atoms with Gasteiger partial charge in [0.25, 0.3) is 0 Å². The lowest BCUT2D eigenvalue weighted by Gasteiger charge is -2.30. The first-order valence-electron chi connectivity index (χ1n) is 8.70. The zero-order chi connectivity index (χ0) is 19.2. The van der Waals surface area contributed by atoms with E-state index >= 15 is 0 Å². The van der Waals surface area contributed by atoms with Gasteiger partial charge in [-0.2, -0.15) is 13.2 Å². The minimum Gasteiger partial charge on any atom is -0.497 e. The number of rotatable bonds is 4. The van der Waals surface area contributed by atoms with Crippen molar-refractivity contribution in [2.45, 2.75) is 25.2 Å². The van der Waals surface area contributed by atoms with Gasteiger partial charge < -0.3 is 14.4 Å². The molecule has 0 radical (unpaired) electrons. The molecule has 1 fully saturated rings. The molecular formula is C19H17F3N2O2. The minimum atomic E-state index is -4.43. The van der Waals surface area contributed by atoms with E-state index in [4.69, 9.17) is 10.8 Å². The van der Waals surface area contributed by atoms with Gasteiger partial charge in [-0.05, 0) is 29.8 Å². The maximum absolute atomic E-state index is 12.8. The van der Waals surface area contributed by atoms with E-state index in [1.54, 1.807) is 7.11 Å². The van der Waals surface area contributed by atoms with Crippen molar-refractivity contribution >= 4 is 5.70 Å². The van der Waals surface area contributed by atoms with Crippen LogP contribution in [0.15, 0.2) is 48.4 Å². The third-order valence-electron chi connectivity index (χ3n) is 4.56. The molecule has 4 rings (SSSR count). The number of nitrogens with zero attached hydrogens (tertiary/aromatic N) is 2. The maximum Gasteiger partial charge on any atom is 0.417 e. The number of hydrogen-bond acceptors (Lipinski definition) is 4. The van der Waals surface area contributed by atoms with Crippen molar-refractivity contribution in [3.63, 3.8) is 0 Å². The van der Waals surface area contributed by atoms with Gasteiger partial charge in [0.05, 0.1) is 25.8 Å². The predicted octanol–water partition coefficient (Wildman–Crippen LogP) is 4.08. The van der Waals surface area contributed by atoms with Crippen molar-refractivity contribution in [3.05, 3.63) is 65.2 Å². The molecule has 2 aromatic rings. The zero-order valence-corrected chi connectivity index (χ0v) is 14.0. The average molecular weight is 363 g/mol. The Balaban J connectivity index is 1.64. The van der Waals surface area contributed by atoms with Crippen LogP contribution in [-0.4, -0.2) is 29.6 Å². The van der Waals surface area contributed by atoms with E-state index in [9.17, 15) is 13.2 Å². The Bertz CT molecular complexity index is 866. The summed E-state index contributed by atoms with van der Waals surface area (Å²) in [6.45, 7) is -0.203. The molecule has 0 amide bonds. The Labute approximate surface area is 150 Å². The van der Waals surface area contributed by atoms with E-state index in [-0.39, 0.29) is 6.04 Å². The van der Waals surface area contributed by atoms with Gasteiger partial charge in [0.1, 0.15) is 23.8 Å². The summed E-state index contributed by atoms with van der Waals surface area (Å²) >= 11 is 0. The number of alkyl halides is 3. The average Bonchev–Trinajstić information content (AvgIpc) is 3.18. The van der Waals surface area contributed by atoms with Crippen LogP contribution in [0.5, 0.6) is 5.75 Å². The van der Waals surface area contributed by atoms with Gasteiger partial charge >= 0.3 is 6.18 Å². The molecule has 1 aromatic carbocycles. The number of halogens is 3. The summed E-state index contributed by atoms with van der Waals surface area (Å²) in [5, 5.41) is 0. The molecule has 136 valence electrons. The van der Waals surface area contributed by atoms with Crippen LogP contribution in [0, 0.1) is 0 Å². The molecule has 2 atom stereocenters. The second-order valence-corrected chi connectivity index (χ2v) is 6.20. The third-order valence-corrected chi connectivity index (χ3v) is 4.56. The van der Waals surface area contributed by atoms with Gasteiger partial charge in [0, 0.05) is 19.2 Å². The van der Waals surface area contributed by atoms with E-state index in [1.807, 2.05) is 29.2 Å². The third kappa shape index (κ3) is 2.98. The molecule has 3 heterocycles. The first-order valence-corrected chi connectivity index (χ1v) is 8.12. The molecule has 2 aliphatic rings. The molecule has 1 saturated heterocycles. The van der Waals surface area contributed by atoms with Gasteiger partial charge in [-0.1, -0.05) is 12.1 Å². The van der Waals surface area contributed by atoms with Gasteiger partial charge in [0.15, 0.2) is 0 Å². The van der Waals surface area contributed by atoms with Crippen LogP contribution in [0.25, 0.3) is 5.70 Å². The topological polar surface area (TPSA) is 34.6 Å². The fraction of sp³-hybridized carbons (Fsp3) is 0.316. The molecule has 2 unspecified atom stereocenters. The summed E-state index contributed by atoms with van der Waals surface area (Å²) in [5.41, 5.74) is 1.29. The number of methoxy groups -OCH3 is 1. The van der Waals surface area contributed by atoms with E-state index in [0.717, 1.165) is 23.6 Å². The minimum absolute atomic E-state index is 0.179. The number of aromatic nitrogens is 1. The van der Waals surface area contributed by atoms with Crippen LogP contribution >= 0.6 is 0 Å². The Morgan fingerprint density at radius 1 is 1.27 bits per heavy atom. The highest BCUT2D eigenvalue weighted by molar-refractivity contribution is 5.67. The number of fused-ring (bicyclic) bond motifs is 2. The fourth-order valence-corrected chi connectivity index (χ4v) is 3.22. The van der Waals surface area contributed by atoms with Crippen molar-refractivity contribution in [2.24, 2.45) is 0 Å². The quantitative estimate of drug-likeness (QED) is 0.820. The molecule has 4 nitrogen and oxygen atoms in total. The number of benzene rings is 1. The fourth-order valence-electron chi connectivity index (χ4n) is 3.22. The Morgan fingerprint density at radius 3 is 2.65 bits per heavy atom. The standard InChI is InChI=1S/C19H17F3N2O2/c1-25-15-5-2-12(3-6-15)10-24-14-8-17(26-11-14)18(24)16-7-4-13(9-23-16)19(20,21)22/h2-7,9,14H,8,10-11H2,1H3/i11D. The van der Waals surface area contributed by atoms with Gasteiger partial charge in [-0.3, -0.25) is 4.98 Å². The molecule has 1 aromatic heterocycles. The van der Waals surface area contributed by atoms with E-state index in [0.29, 0.717) is 30.1 Å². The molecule has 2 aliphatic heterocycles. The highest BCUT2D eigenvalue weighted by Gasteiger charge is 2.40. The van der Waals surface area contributed by atoms with E-state index in [1.165, 1.54) is 6.07 Å². The maximum atomic E-state index is 12.8. The van der Waals surface area contributed by atoms with Crippen molar-refractivity contribution in [1.82, 2.24) is 9.88 Å². The van der Waals surface area contributed by atoms with Crippen molar-refractivity contribution < 1.29 is 24.0 Å². The zero-order valence-electron chi connectivity index (χ0n) is 15.0. The second-order valence-electron chi connectivity index (χ2n) is 6.20. The highest BCUT2D eigenvalue weighted by atomic mass is 19.4. The molecule has 2 bridgehead atoms. The van der Waals surface area contributed by atoms with Crippen LogP contribution in [0.3, 0.4) is 0 Å². The van der Waals surface area contributed by atoms with Gasteiger partial charge in [0.2, 0.25) is 0 Å². The summed E-state index contributed by atoms with van der Waals surface area (Å²) in [7, 11) is 1.59. The van der Waals surface area contributed by atoms with Crippen LogP contribution in [0.2, 0.25) is 0 Å². The Morgan fingerprint density at radius 2 is 2.04 bits per heavy atom. The van der Waals surface area contributed by atoms with Gasteiger partial charge in [-0.15, -0.1) is 0 Å². The first kappa shape index (κ1) is 15.5. The van der Waals surface area contributed by atoms with E-state index in [2.05, 4.69) is 4.98 Å². The van der Waals surface area contributed by atoms with Gasteiger partial charge in [-0.25, -0.2) is 0 Å². The normalized spacial score (nSPS) is 22.5. The number of ether oxygens (including phenoxy) is 2. The Kier molecular flexibility index (Phi) is 3.72. The SMILES string of the molecule is [2H]C1OC2=C(c3ccc(C(F)(F)F)cn3)N(Cc3ccc(OC)cc3)C1C2. The van der Waals surface area contributed by atoms with Crippen LogP contribution in [0.1, 0.15) is 24.6 Å². The molecular weight excluding hydrogens is 345 g/mol. The first-order chi connectivity index (χ1) is 12.9. The lowest BCUT2D eigenvalue weighted by atomic mass is 10.1. The molecule has 0 N–H and O–H groups in total. The lowest BCUT2D eigenvalue weighted by Crippen LogP contribution is -2.33. The summed E-state index contributed by atoms with van der Waals surface area (Å²) in [4.78, 5) is 6.00.